The Labute approximate surface area is 106 Å². The number of hydrogen-bond donors (Lipinski definition) is 1. The molecule has 104 valence electrons. The highest BCUT2D eigenvalue weighted by Gasteiger charge is 2.04. The first-order chi connectivity index (χ1) is 8.16. The Hall–Kier alpha value is -0.160. The smallest absolute Gasteiger partial charge is 0.101 e. The largest absolute Gasteiger partial charge is 0.388 e. The van der Waals surface area contributed by atoms with Crippen LogP contribution in [0.2, 0.25) is 0 Å². The number of likely N-dealkylation sites (N-methyl/N-ethyl adjacent to an activating group) is 1. The molecule has 0 spiro atoms. The lowest BCUT2D eigenvalue weighted by atomic mass is 10.2. The summed E-state index contributed by atoms with van der Waals surface area (Å²) in [6.07, 6.45) is 4.30. The van der Waals surface area contributed by atoms with Crippen LogP contribution < -0.4 is 0 Å². The molecule has 17 heavy (non-hydrogen) atoms. The highest BCUT2D eigenvalue weighted by atomic mass is 16.5. The van der Waals surface area contributed by atoms with E-state index in [2.05, 4.69) is 11.8 Å². The first-order valence-electron chi connectivity index (χ1n) is 6.65. The molecule has 0 bridgehead atoms. The number of aliphatic hydroxyl groups is 1. The predicted molar refractivity (Wildman–Crippen MR) is 70.3 cm³/mol. The summed E-state index contributed by atoms with van der Waals surface area (Å²) in [6, 6.07) is 0. The van der Waals surface area contributed by atoms with Crippen molar-refractivity contribution in [2.24, 2.45) is 0 Å². The van der Waals surface area contributed by atoms with Gasteiger partial charge in [-0.05, 0) is 20.5 Å². The third-order valence-corrected chi connectivity index (χ3v) is 2.45. The molecule has 4 nitrogen and oxygen atoms in total. The van der Waals surface area contributed by atoms with Crippen molar-refractivity contribution < 1.29 is 14.6 Å². The first kappa shape index (κ1) is 16.8. The second kappa shape index (κ2) is 12.3. The normalized spacial score (nSPS) is 13.2. The molecule has 1 atom stereocenters. The van der Waals surface area contributed by atoms with E-state index < -0.39 is 6.10 Å². The summed E-state index contributed by atoms with van der Waals surface area (Å²) in [7, 11) is 4.00. The average molecular weight is 247 g/mol. The van der Waals surface area contributed by atoms with Crippen molar-refractivity contribution in [3.05, 3.63) is 0 Å². The lowest BCUT2D eigenvalue weighted by Crippen LogP contribution is -2.25. The van der Waals surface area contributed by atoms with Crippen molar-refractivity contribution in [1.82, 2.24) is 4.90 Å². The van der Waals surface area contributed by atoms with Crippen LogP contribution in [-0.2, 0) is 9.47 Å². The van der Waals surface area contributed by atoms with Gasteiger partial charge in [-0.1, -0.05) is 26.2 Å². The summed E-state index contributed by atoms with van der Waals surface area (Å²) in [6.45, 7) is 5.21. The zero-order chi connectivity index (χ0) is 12.9. The van der Waals surface area contributed by atoms with Crippen molar-refractivity contribution in [3.8, 4) is 0 Å². The molecule has 0 aromatic heterocycles. The van der Waals surface area contributed by atoms with E-state index in [9.17, 15) is 5.11 Å². The molecule has 0 aromatic rings. The number of aliphatic hydroxyl groups excluding tert-OH is 1. The van der Waals surface area contributed by atoms with Gasteiger partial charge in [-0.2, -0.15) is 0 Å². The average Bonchev–Trinajstić information content (AvgIpc) is 2.29. The summed E-state index contributed by atoms with van der Waals surface area (Å²) >= 11 is 0. The fourth-order valence-electron chi connectivity index (χ4n) is 1.36. The molecule has 1 N–H and O–H groups in total. The molecule has 0 heterocycles. The van der Waals surface area contributed by atoms with E-state index in [1.807, 2.05) is 14.1 Å². The van der Waals surface area contributed by atoms with Gasteiger partial charge < -0.3 is 19.5 Å². The first-order valence-corrected chi connectivity index (χ1v) is 6.65. The minimum Gasteiger partial charge on any atom is -0.388 e. The minimum absolute atomic E-state index is 0.364. The summed E-state index contributed by atoms with van der Waals surface area (Å²) < 4.78 is 10.7. The Balaban J connectivity index is 3.14. The van der Waals surface area contributed by atoms with Gasteiger partial charge in [0, 0.05) is 13.2 Å². The van der Waals surface area contributed by atoms with Gasteiger partial charge in [0.15, 0.2) is 0 Å². The second-order valence-electron chi connectivity index (χ2n) is 4.67. The fourth-order valence-corrected chi connectivity index (χ4v) is 1.36. The number of rotatable bonds is 12. The standard InChI is InChI=1S/C13H29NO3/c1-4-5-6-7-9-16-11-13(15)12-17-10-8-14(2)3/h13,15H,4-12H2,1-3H3. The van der Waals surface area contributed by atoms with E-state index in [4.69, 9.17) is 9.47 Å². The molecule has 0 aliphatic carbocycles. The molecule has 0 saturated carbocycles. The molecule has 0 radical (unpaired) electrons. The summed E-state index contributed by atoms with van der Waals surface area (Å²) in [4.78, 5) is 2.05. The van der Waals surface area contributed by atoms with Crippen LogP contribution in [0.15, 0.2) is 0 Å². The monoisotopic (exact) mass is 247 g/mol. The quantitative estimate of drug-likeness (QED) is 0.531. The Morgan fingerprint density at radius 1 is 1.00 bits per heavy atom. The van der Waals surface area contributed by atoms with Crippen LogP contribution in [0.3, 0.4) is 0 Å². The van der Waals surface area contributed by atoms with E-state index in [1.54, 1.807) is 0 Å². The molecule has 0 aliphatic rings. The van der Waals surface area contributed by atoms with Crippen molar-refractivity contribution in [1.29, 1.82) is 0 Å². The number of unbranched alkanes of at least 4 members (excludes halogenated alkanes) is 3. The SMILES string of the molecule is CCCCCCOCC(O)COCCN(C)C. The van der Waals surface area contributed by atoms with E-state index in [-0.39, 0.29) is 0 Å². The maximum Gasteiger partial charge on any atom is 0.101 e. The molecule has 4 heteroatoms. The van der Waals surface area contributed by atoms with Crippen LogP contribution in [0, 0.1) is 0 Å². The van der Waals surface area contributed by atoms with E-state index in [0.29, 0.717) is 19.8 Å². The zero-order valence-corrected chi connectivity index (χ0v) is 11.7. The van der Waals surface area contributed by atoms with Crippen molar-refractivity contribution in [3.63, 3.8) is 0 Å². The van der Waals surface area contributed by atoms with Gasteiger partial charge in [-0.3, -0.25) is 0 Å². The third-order valence-electron chi connectivity index (χ3n) is 2.45. The Morgan fingerprint density at radius 3 is 2.24 bits per heavy atom. The molecule has 0 aliphatic heterocycles. The third kappa shape index (κ3) is 13.8. The van der Waals surface area contributed by atoms with Gasteiger partial charge in [0.25, 0.3) is 0 Å². The van der Waals surface area contributed by atoms with Crippen LogP contribution in [0.5, 0.6) is 0 Å². The van der Waals surface area contributed by atoms with Gasteiger partial charge in [0.2, 0.25) is 0 Å². The van der Waals surface area contributed by atoms with E-state index in [1.165, 1.54) is 19.3 Å². The molecule has 0 fully saturated rings. The Morgan fingerprint density at radius 2 is 1.65 bits per heavy atom. The van der Waals surface area contributed by atoms with Gasteiger partial charge in [-0.15, -0.1) is 0 Å². The number of nitrogens with zero attached hydrogens (tertiary/aromatic N) is 1. The molecule has 0 saturated heterocycles. The van der Waals surface area contributed by atoms with Gasteiger partial charge in [-0.25, -0.2) is 0 Å². The fraction of sp³-hybridized carbons (Fsp3) is 1.00. The van der Waals surface area contributed by atoms with E-state index >= 15 is 0 Å². The molecule has 0 aromatic carbocycles. The summed E-state index contributed by atoms with van der Waals surface area (Å²) in [5.74, 6) is 0. The topological polar surface area (TPSA) is 41.9 Å². The van der Waals surface area contributed by atoms with Crippen LogP contribution in [-0.4, -0.2) is 63.2 Å². The highest BCUT2D eigenvalue weighted by molar-refractivity contribution is 4.52. The van der Waals surface area contributed by atoms with Crippen LogP contribution in [0.1, 0.15) is 32.6 Å². The maximum atomic E-state index is 9.55. The lowest BCUT2D eigenvalue weighted by molar-refractivity contribution is -0.0214. The molecular weight excluding hydrogens is 218 g/mol. The van der Waals surface area contributed by atoms with Crippen LogP contribution in [0.25, 0.3) is 0 Å². The number of hydrogen-bond acceptors (Lipinski definition) is 4. The lowest BCUT2D eigenvalue weighted by Gasteiger charge is -2.13. The summed E-state index contributed by atoms with van der Waals surface area (Å²) in [5, 5.41) is 9.55. The van der Waals surface area contributed by atoms with Gasteiger partial charge >= 0.3 is 0 Å². The minimum atomic E-state index is -0.497. The molecule has 0 rings (SSSR count). The van der Waals surface area contributed by atoms with Crippen molar-refractivity contribution in [2.45, 2.75) is 38.7 Å². The van der Waals surface area contributed by atoms with Crippen molar-refractivity contribution >= 4 is 0 Å². The molecule has 1 unspecified atom stereocenters. The zero-order valence-electron chi connectivity index (χ0n) is 11.7. The molecule has 0 amide bonds. The Bertz CT molecular complexity index is 154. The van der Waals surface area contributed by atoms with Crippen LogP contribution >= 0.6 is 0 Å². The Kier molecular flexibility index (Phi) is 12.2. The maximum absolute atomic E-state index is 9.55. The second-order valence-corrected chi connectivity index (χ2v) is 4.67. The highest BCUT2D eigenvalue weighted by Crippen LogP contribution is 1.99. The summed E-state index contributed by atoms with van der Waals surface area (Å²) in [5.41, 5.74) is 0. The molecular formula is C13H29NO3. The van der Waals surface area contributed by atoms with Gasteiger partial charge in [0.05, 0.1) is 19.8 Å². The van der Waals surface area contributed by atoms with Crippen LogP contribution in [0.4, 0.5) is 0 Å². The van der Waals surface area contributed by atoms with Gasteiger partial charge in [0.1, 0.15) is 6.10 Å². The number of ether oxygens (including phenoxy) is 2. The predicted octanol–water partition coefficient (Wildman–Crippen LogP) is 1.52. The van der Waals surface area contributed by atoms with E-state index in [0.717, 1.165) is 19.6 Å². The van der Waals surface area contributed by atoms with Crippen molar-refractivity contribution in [2.75, 3.05) is 47.1 Å².